The number of carbonyl (C=O) groups is 1. The lowest BCUT2D eigenvalue weighted by Crippen LogP contribution is -2.50. The number of aliphatic hydroxyl groups excluding tert-OH is 1. The van der Waals surface area contributed by atoms with Gasteiger partial charge in [0.05, 0.1) is 27.4 Å². The van der Waals surface area contributed by atoms with E-state index in [0.717, 1.165) is 39.0 Å². The first-order valence-corrected chi connectivity index (χ1v) is 12.5. The fourth-order valence-electron chi connectivity index (χ4n) is 4.04. The van der Waals surface area contributed by atoms with E-state index in [2.05, 4.69) is 22.0 Å². The SMILES string of the molecule is CCCCOc1ccccc1OCC(O)CN1CCN(CC(=O)Nc2c(OC)cccc2OC)CC1. The number of nitrogens with zero attached hydrogens (tertiary/aromatic N) is 2. The number of hydrogen-bond donors (Lipinski definition) is 2. The molecular weight excluding hydrogens is 462 g/mol. The number of ether oxygens (including phenoxy) is 4. The van der Waals surface area contributed by atoms with Crippen molar-refractivity contribution in [2.45, 2.75) is 25.9 Å². The summed E-state index contributed by atoms with van der Waals surface area (Å²) in [6.07, 6.45) is 1.43. The van der Waals surface area contributed by atoms with Gasteiger partial charge in [-0.25, -0.2) is 0 Å². The Balaban J connectivity index is 1.40. The van der Waals surface area contributed by atoms with Crippen LogP contribution in [0.2, 0.25) is 0 Å². The lowest BCUT2D eigenvalue weighted by Gasteiger charge is -2.35. The molecule has 2 aromatic rings. The molecule has 1 heterocycles. The average Bonchev–Trinajstić information content (AvgIpc) is 2.89. The summed E-state index contributed by atoms with van der Waals surface area (Å²) in [7, 11) is 3.12. The van der Waals surface area contributed by atoms with Crippen molar-refractivity contribution in [1.82, 2.24) is 9.80 Å². The van der Waals surface area contributed by atoms with Crippen LogP contribution in [0.1, 0.15) is 19.8 Å². The number of carbonyl (C=O) groups excluding carboxylic acids is 1. The molecule has 198 valence electrons. The summed E-state index contributed by atoms with van der Waals surface area (Å²) in [5.41, 5.74) is 0.534. The van der Waals surface area contributed by atoms with E-state index in [9.17, 15) is 9.90 Å². The maximum absolute atomic E-state index is 12.7. The number of unbranched alkanes of at least 4 members (excludes halogenated alkanes) is 1. The van der Waals surface area contributed by atoms with Gasteiger partial charge in [0.1, 0.15) is 29.9 Å². The molecule has 1 unspecified atom stereocenters. The van der Waals surface area contributed by atoms with Crippen molar-refractivity contribution in [3.8, 4) is 23.0 Å². The molecule has 36 heavy (non-hydrogen) atoms. The molecule has 0 bridgehead atoms. The fraction of sp³-hybridized carbons (Fsp3) is 0.519. The van der Waals surface area contributed by atoms with Crippen LogP contribution in [0.4, 0.5) is 5.69 Å². The van der Waals surface area contributed by atoms with Crippen LogP contribution < -0.4 is 24.3 Å². The highest BCUT2D eigenvalue weighted by Gasteiger charge is 2.22. The first-order chi connectivity index (χ1) is 17.5. The molecule has 3 rings (SSSR count). The van der Waals surface area contributed by atoms with Crippen LogP contribution in [0.3, 0.4) is 0 Å². The molecule has 0 radical (unpaired) electrons. The quantitative estimate of drug-likeness (QED) is 0.382. The zero-order chi connectivity index (χ0) is 25.8. The Kier molecular flexibility index (Phi) is 11.1. The van der Waals surface area contributed by atoms with Crippen molar-refractivity contribution < 1.29 is 28.8 Å². The zero-order valence-electron chi connectivity index (χ0n) is 21.6. The van der Waals surface area contributed by atoms with Gasteiger partial charge < -0.3 is 29.4 Å². The van der Waals surface area contributed by atoms with Gasteiger partial charge in [0.2, 0.25) is 5.91 Å². The molecule has 2 aromatic carbocycles. The summed E-state index contributed by atoms with van der Waals surface area (Å²) in [6.45, 7) is 6.74. The van der Waals surface area contributed by atoms with E-state index in [4.69, 9.17) is 18.9 Å². The van der Waals surface area contributed by atoms with E-state index in [0.29, 0.717) is 41.8 Å². The molecule has 0 aromatic heterocycles. The molecule has 1 aliphatic heterocycles. The van der Waals surface area contributed by atoms with Crippen molar-refractivity contribution in [3.63, 3.8) is 0 Å². The number of methoxy groups -OCH3 is 2. The Hall–Kier alpha value is -3.01. The predicted molar refractivity (Wildman–Crippen MR) is 139 cm³/mol. The second kappa shape index (κ2) is 14.5. The second-order valence-corrected chi connectivity index (χ2v) is 8.78. The third-order valence-electron chi connectivity index (χ3n) is 6.03. The fourth-order valence-corrected chi connectivity index (χ4v) is 4.04. The maximum Gasteiger partial charge on any atom is 0.238 e. The van der Waals surface area contributed by atoms with Crippen molar-refractivity contribution in [2.75, 3.05) is 72.0 Å². The van der Waals surface area contributed by atoms with Crippen molar-refractivity contribution in [1.29, 1.82) is 0 Å². The summed E-state index contributed by atoms with van der Waals surface area (Å²) in [4.78, 5) is 16.9. The van der Waals surface area contributed by atoms with Gasteiger partial charge >= 0.3 is 0 Å². The van der Waals surface area contributed by atoms with E-state index < -0.39 is 6.10 Å². The van der Waals surface area contributed by atoms with Gasteiger partial charge in [-0.15, -0.1) is 0 Å². The molecule has 0 spiro atoms. The number of aliphatic hydroxyl groups is 1. The number of β-amino-alcohol motifs (C(OH)–C–C–N with tert-alkyl or cyclic N) is 1. The van der Waals surface area contributed by atoms with Gasteiger partial charge in [0.25, 0.3) is 0 Å². The highest BCUT2D eigenvalue weighted by molar-refractivity contribution is 5.95. The first kappa shape index (κ1) is 27.6. The monoisotopic (exact) mass is 501 g/mol. The molecule has 1 atom stereocenters. The maximum atomic E-state index is 12.7. The van der Waals surface area contributed by atoms with Crippen molar-refractivity contribution >= 4 is 11.6 Å². The predicted octanol–water partition coefficient (Wildman–Crippen LogP) is 2.88. The Morgan fingerprint density at radius 1 is 0.917 bits per heavy atom. The average molecular weight is 502 g/mol. The minimum Gasteiger partial charge on any atom is -0.494 e. The van der Waals surface area contributed by atoms with Crippen LogP contribution in [0.15, 0.2) is 42.5 Å². The van der Waals surface area contributed by atoms with Crippen LogP contribution >= 0.6 is 0 Å². The Morgan fingerprint density at radius 3 is 2.11 bits per heavy atom. The normalized spacial score (nSPS) is 15.2. The van der Waals surface area contributed by atoms with Crippen molar-refractivity contribution in [3.05, 3.63) is 42.5 Å². The lowest BCUT2D eigenvalue weighted by molar-refractivity contribution is -0.117. The molecule has 1 amide bonds. The van der Waals surface area contributed by atoms with E-state index in [1.807, 2.05) is 30.3 Å². The smallest absolute Gasteiger partial charge is 0.238 e. The third-order valence-corrected chi connectivity index (χ3v) is 6.03. The zero-order valence-corrected chi connectivity index (χ0v) is 21.6. The van der Waals surface area contributed by atoms with Crippen molar-refractivity contribution in [2.24, 2.45) is 0 Å². The number of para-hydroxylation sites is 3. The molecule has 1 fully saturated rings. The summed E-state index contributed by atoms with van der Waals surface area (Å²) in [5.74, 6) is 2.34. The number of anilines is 1. The molecule has 9 heteroatoms. The number of nitrogens with one attached hydrogen (secondary N) is 1. The number of rotatable bonds is 14. The van der Waals surface area contributed by atoms with E-state index in [-0.39, 0.29) is 19.1 Å². The molecule has 0 saturated carbocycles. The van der Waals surface area contributed by atoms with Crippen LogP contribution in [0.25, 0.3) is 0 Å². The molecular formula is C27H39N3O6. The van der Waals surface area contributed by atoms with Gasteiger partial charge in [-0.05, 0) is 30.7 Å². The Morgan fingerprint density at radius 2 is 1.50 bits per heavy atom. The van der Waals surface area contributed by atoms with Crippen LogP contribution in [-0.4, -0.2) is 93.6 Å². The summed E-state index contributed by atoms with van der Waals surface area (Å²) < 4.78 is 22.4. The molecule has 0 aliphatic carbocycles. The summed E-state index contributed by atoms with van der Waals surface area (Å²) in [6, 6.07) is 12.9. The summed E-state index contributed by atoms with van der Waals surface area (Å²) >= 11 is 0. The second-order valence-electron chi connectivity index (χ2n) is 8.78. The highest BCUT2D eigenvalue weighted by Crippen LogP contribution is 2.34. The third kappa shape index (κ3) is 8.29. The minimum atomic E-state index is -0.624. The van der Waals surface area contributed by atoms with Gasteiger partial charge in [-0.2, -0.15) is 0 Å². The number of piperazine rings is 1. The summed E-state index contributed by atoms with van der Waals surface area (Å²) in [5, 5.41) is 13.4. The van der Waals surface area contributed by atoms with Crippen LogP contribution in [-0.2, 0) is 4.79 Å². The molecule has 1 aliphatic rings. The topological polar surface area (TPSA) is 92.7 Å². The van der Waals surface area contributed by atoms with Crippen LogP contribution in [0, 0.1) is 0 Å². The molecule has 2 N–H and O–H groups in total. The number of benzene rings is 2. The number of amides is 1. The van der Waals surface area contributed by atoms with E-state index in [1.54, 1.807) is 26.4 Å². The van der Waals surface area contributed by atoms with Gasteiger partial charge in [-0.1, -0.05) is 31.5 Å². The Labute approximate surface area is 213 Å². The first-order valence-electron chi connectivity index (χ1n) is 12.5. The standard InChI is InChI=1S/C27H39N3O6/c1-4-5-17-35-22-9-6-7-10-23(22)36-20-21(31)18-29-13-15-30(16-14-29)19-26(32)28-27-24(33-2)11-8-12-25(27)34-3/h6-12,21,31H,4-5,13-20H2,1-3H3,(H,28,32). The largest absolute Gasteiger partial charge is 0.494 e. The van der Waals surface area contributed by atoms with Gasteiger partial charge in [0.15, 0.2) is 11.5 Å². The van der Waals surface area contributed by atoms with Gasteiger partial charge in [-0.3, -0.25) is 14.6 Å². The van der Waals surface area contributed by atoms with Gasteiger partial charge in [0, 0.05) is 32.7 Å². The lowest BCUT2D eigenvalue weighted by atomic mass is 10.2. The van der Waals surface area contributed by atoms with Crippen LogP contribution in [0.5, 0.6) is 23.0 Å². The number of hydrogen-bond acceptors (Lipinski definition) is 8. The van der Waals surface area contributed by atoms with E-state index >= 15 is 0 Å². The highest BCUT2D eigenvalue weighted by atomic mass is 16.5. The minimum absolute atomic E-state index is 0.125. The van der Waals surface area contributed by atoms with E-state index in [1.165, 1.54) is 0 Å². The molecule has 1 saturated heterocycles. The molecule has 9 nitrogen and oxygen atoms in total. The Bertz CT molecular complexity index is 927.